The molecule has 0 aliphatic heterocycles. The zero-order chi connectivity index (χ0) is 15.5. The summed E-state index contributed by atoms with van der Waals surface area (Å²) >= 11 is 0. The number of amides is 1. The van der Waals surface area contributed by atoms with Crippen LogP contribution >= 0.6 is 0 Å². The summed E-state index contributed by atoms with van der Waals surface area (Å²) in [6.45, 7) is -0.0672. The van der Waals surface area contributed by atoms with Crippen molar-refractivity contribution in [2.75, 3.05) is 6.61 Å². The minimum Gasteiger partial charge on any atom is -0.483 e. The Kier molecular flexibility index (Phi) is 3.96. The number of hydrogen-bond acceptors (Lipinski definition) is 3. The van der Waals surface area contributed by atoms with E-state index in [-0.39, 0.29) is 24.5 Å². The van der Waals surface area contributed by atoms with E-state index in [1.54, 1.807) is 0 Å². The fourth-order valence-corrected chi connectivity index (χ4v) is 2.67. The number of aliphatic carboxylic acids is 1. The molecule has 0 spiro atoms. The van der Waals surface area contributed by atoms with Crippen molar-refractivity contribution in [2.45, 2.75) is 18.9 Å². The van der Waals surface area contributed by atoms with Crippen molar-refractivity contribution in [3.63, 3.8) is 0 Å². The molecule has 5 nitrogen and oxygen atoms in total. The Labute approximate surface area is 127 Å². The van der Waals surface area contributed by atoms with Crippen LogP contribution in [0, 0.1) is 5.92 Å². The molecule has 0 bridgehead atoms. The standard InChI is InChI=1S/C17H17NO4/c19-16(18-13-8-12(9-13)17(20)21)10-22-15-7-3-5-11-4-1-2-6-14(11)15/h1-7,12-13H,8-10H2,(H,18,19)(H,20,21). The number of carboxylic acids is 1. The summed E-state index contributed by atoms with van der Waals surface area (Å²) < 4.78 is 5.60. The number of carbonyl (C=O) groups excluding carboxylic acids is 1. The lowest BCUT2D eigenvalue weighted by atomic mass is 9.80. The molecule has 0 heterocycles. The Morgan fingerprint density at radius 3 is 2.64 bits per heavy atom. The quantitative estimate of drug-likeness (QED) is 0.887. The van der Waals surface area contributed by atoms with Crippen molar-refractivity contribution < 1.29 is 19.4 Å². The van der Waals surface area contributed by atoms with Crippen molar-refractivity contribution in [1.82, 2.24) is 5.32 Å². The molecule has 114 valence electrons. The van der Waals surface area contributed by atoms with Crippen LogP contribution in [0.2, 0.25) is 0 Å². The zero-order valence-electron chi connectivity index (χ0n) is 12.0. The van der Waals surface area contributed by atoms with E-state index in [1.807, 2.05) is 42.5 Å². The third-order valence-electron chi connectivity index (χ3n) is 3.96. The van der Waals surface area contributed by atoms with E-state index in [0.29, 0.717) is 18.6 Å². The van der Waals surface area contributed by atoms with Gasteiger partial charge in [0.1, 0.15) is 5.75 Å². The second-order valence-electron chi connectivity index (χ2n) is 5.54. The molecule has 3 rings (SSSR count). The third-order valence-corrected chi connectivity index (χ3v) is 3.96. The lowest BCUT2D eigenvalue weighted by Crippen LogP contribution is -2.48. The third kappa shape index (κ3) is 3.03. The lowest BCUT2D eigenvalue weighted by molar-refractivity contribution is -0.146. The molecule has 1 aliphatic carbocycles. The van der Waals surface area contributed by atoms with Crippen LogP contribution in [-0.4, -0.2) is 29.6 Å². The Hall–Kier alpha value is -2.56. The molecular weight excluding hydrogens is 282 g/mol. The molecule has 0 atom stereocenters. The fourth-order valence-electron chi connectivity index (χ4n) is 2.67. The van der Waals surface area contributed by atoms with Gasteiger partial charge in [-0.05, 0) is 24.3 Å². The van der Waals surface area contributed by atoms with Crippen molar-refractivity contribution in [3.05, 3.63) is 42.5 Å². The second-order valence-corrected chi connectivity index (χ2v) is 5.54. The summed E-state index contributed by atoms with van der Waals surface area (Å²) in [6, 6.07) is 13.5. The van der Waals surface area contributed by atoms with Crippen molar-refractivity contribution >= 4 is 22.6 Å². The van der Waals surface area contributed by atoms with Crippen LogP contribution < -0.4 is 10.1 Å². The number of carbonyl (C=O) groups is 2. The molecule has 1 amide bonds. The van der Waals surface area contributed by atoms with E-state index in [2.05, 4.69) is 5.32 Å². The van der Waals surface area contributed by atoms with Crippen LogP contribution in [0.3, 0.4) is 0 Å². The highest BCUT2D eigenvalue weighted by molar-refractivity contribution is 5.88. The van der Waals surface area contributed by atoms with Gasteiger partial charge in [0.2, 0.25) is 0 Å². The van der Waals surface area contributed by atoms with Gasteiger partial charge in [-0.15, -0.1) is 0 Å². The molecule has 0 unspecified atom stereocenters. The number of nitrogens with one attached hydrogen (secondary N) is 1. The highest BCUT2D eigenvalue weighted by Gasteiger charge is 2.35. The van der Waals surface area contributed by atoms with Gasteiger partial charge in [-0.3, -0.25) is 9.59 Å². The van der Waals surface area contributed by atoms with Crippen LogP contribution in [0.25, 0.3) is 10.8 Å². The van der Waals surface area contributed by atoms with Crippen LogP contribution in [0.15, 0.2) is 42.5 Å². The van der Waals surface area contributed by atoms with Gasteiger partial charge >= 0.3 is 5.97 Å². The number of benzene rings is 2. The molecule has 5 heteroatoms. The first kappa shape index (κ1) is 14.4. The average Bonchev–Trinajstić information content (AvgIpc) is 2.48. The van der Waals surface area contributed by atoms with Gasteiger partial charge in [-0.2, -0.15) is 0 Å². The molecular formula is C17H17NO4. The van der Waals surface area contributed by atoms with E-state index in [1.165, 1.54) is 0 Å². The molecule has 0 aromatic heterocycles. The number of ether oxygens (including phenoxy) is 1. The van der Waals surface area contributed by atoms with E-state index >= 15 is 0 Å². The maximum absolute atomic E-state index is 11.8. The van der Waals surface area contributed by atoms with Gasteiger partial charge in [0.25, 0.3) is 5.91 Å². The maximum atomic E-state index is 11.8. The number of rotatable bonds is 5. The van der Waals surface area contributed by atoms with Gasteiger partial charge in [0, 0.05) is 11.4 Å². The molecule has 0 radical (unpaired) electrons. The fraction of sp³-hybridized carbons (Fsp3) is 0.294. The number of hydrogen-bond donors (Lipinski definition) is 2. The Balaban J connectivity index is 1.54. The van der Waals surface area contributed by atoms with E-state index in [9.17, 15) is 9.59 Å². The number of carboxylic acid groups (broad SMARTS) is 1. The Morgan fingerprint density at radius 2 is 1.86 bits per heavy atom. The first-order valence-electron chi connectivity index (χ1n) is 7.26. The lowest BCUT2D eigenvalue weighted by Gasteiger charge is -2.32. The second kappa shape index (κ2) is 6.05. The first-order chi connectivity index (χ1) is 10.6. The molecule has 1 aliphatic rings. The average molecular weight is 299 g/mol. The van der Waals surface area contributed by atoms with E-state index < -0.39 is 5.97 Å². The van der Waals surface area contributed by atoms with E-state index in [0.717, 1.165) is 10.8 Å². The smallest absolute Gasteiger partial charge is 0.306 e. The molecule has 2 aromatic rings. The van der Waals surface area contributed by atoms with Crippen LogP contribution in [-0.2, 0) is 9.59 Å². The monoisotopic (exact) mass is 299 g/mol. The Bertz CT molecular complexity index is 701. The van der Waals surface area contributed by atoms with Gasteiger partial charge in [-0.25, -0.2) is 0 Å². The molecule has 0 saturated heterocycles. The van der Waals surface area contributed by atoms with Crippen LogP contribution in [0.4, 0.5) is 0 Å². The zero-order valence-corrected chi connectivity index (χ0v) is 12.0. The summed E-state index contributed by atoms with van der Waals surface area (Å²) in [6.07, 6.45) is 0.991. The van der Waals surface area contributed by atoms with Gasteiger partial charge < -0.3 is 15.2 Å². The highest BCUT2D eigenvalue weighted by Crippen LogP contribution is 2.27. The minimum atomic E-state index is -0.794. The van der Waals surface area contributed by atoms with Gasteiger partial charge in [0.05, 0.1) is 5.92 Å². The van der Waals surface area contributed by atoms with Gasteiger partial charge in [0.15, 0.2) is 6.61 Å². The summed E-state index contributed by atoms with van der Waals surface area (Å²) in [5.74, 6) is -0.672. The first-order valence-corrected chi connectivity index (χ1v) is 7.26. The summed E-state index contributed by atoms with van der Waals surface area (Å²) in [4.78, 5) is 22.6. The molecule has 1 fully saturated rings. The van der Waals surface area contributed by atoms with Crippen molar-refractivity contribution in [3.8, 4) is 5.75 Å². The summed E-state index contributed by atoms with van der Waals surface area (Å²) in [5, 5.41) is 13.6. The molecule has 1 saturated carbocycles. The predicted octanol–water partition coefficient (Wildman–Crippen LogP) is 2.20. The largest absolute Gasteiger partial charge is 0.483 e. The van der Waals surface area contributed by atoms with Crippen LogP contribution in [0.5, 0.6) is 5.75 Å². The molecule has 22 heavy (non-hydrogen) atoms. The summed E-state index contributed by atoms with van der Waals surface area (Å²) in [7, 11) is 0. The highest BCUT2D eigenvalue weighted by atomic mass is 16.5. The van der Waals surface area contributed by atoms with Crippen LogP contribution in [0.1, 0.15) is 12.8 Å². The van der Waals surface area contributed by atoms with Gasteiger partial charge in [-0.1, -0.05) is 36.4 Å². The summed E-state index contributed by atoms with van der Waals surface area (Å²) in [5.41, 5.74) is 0. The van der Waals surface area contributed by atoms with Crippen molar-refractivity contribution in [2.24, 2.45) is 5.92 Å². The topological polar surface area (TPSA) is 75.6 Å². The maximum Gasteiger partial charge on any atom is 0.306 e. The van der Waals surface area contributed by atoms with E-state index in [4.69, 9.17) is 9.84 Å². The normalized spacial score (nSPS) is 20.2. The van der Waals surface area contributed by atoms with Crippen molar-refractivity contribution in [1.29, 1.82) is 0 Å². The minimum absolute atomic E-state index is 0.0512. The molecule has 2 N–H and O–H groups in total. The SMILES string of the molecule is O=C(COc1cccc2ccccc12)NC1CC(C(=O)O)C1. The Morgan fingerprint density at radius 1 is 1.14 bits per heavy atom. The predicted molar refractivity (Wildman–Crippen MR) is 81.7 cm³/mol. The molecule has 2 aromatic carbocycles. The number of fused-ring (bicyclic) bond motifs is 1.